The first-order valence-corrected chi connectivity index (χ1v) is 7.06. The number of hydrazine groups is 1. The summed E-state index contributed by atoms with van der Waals surface area (Å²) in [6.45, 7) is 2.07. The molecule has 0 saturated carbocycles. The van der Waals surface area contributed by atoms with Gasteiger partial charge in [-0.2, -0.15) is 0 Å². The number of rotatable bonds is 4. The number of aryl methyl sites for hydroxylation is 1. The van der Waals surface area contributed by atoms with Crippen molar-refractivity contribution in [2.24, 2.45) is 5.84 Å². The van der Waals surface area contributed by atoms with Gasteiger partial charge in [-0.05, 0) is 45.1 Å². The number of benzene rings is 2. The number of nitrogens with two attached hydrogens (primary N) is 1. The SMILES string of the molecule is CCc1ccc(C(NN)c2ccc(F)c(F)c2Br)cc1. The highest BCUT2D eigenvalue weighted by Crippen LogP contribution is 2.31. The van der Waals surface area contributed by atoms with E-state index in [0.29, 0.717) is 5.56 Å². The largest absolute Gasteiger partial charge is 0.271 e. The Morgan fingerprint density at radius 1 is 1.15 bits per heavy atom. The molecule has 0 saturated heterocycles. The summed E-state index contributed by atoms with van der Waals surface area (Å²) in [5.41, 5.74) is 5.28. The summed E-state index contributed by atoms with van der Waals surface area (Å²) in [5, 5.41) is 0. The maximum atomic E-state index is 13.6. The molecular formula is C15H15BrF2N2. The molecule has 0 heterocycles. The van der Waals surface area contributed by atoms with Gasteiger partial charge < -0.3 is 0 Å². The van der Waals surface area contributed by atoms with Gasteiger partial charge in [0.25, 0.3) is 0 Å². The standard InChI is InChI=1S/C15H15BrF2N2/c1-2-9-3-5-10(6-4-9)15(20-19)11-7-8-12(17)14(18)13(11)16/h3-8,15,20H,2,19H2,1H3. The molecule has 0 aromatic heterocycles. The molecule has 2 aromatic carbocycles. The third kappa shape index (κ3) is 2.90. The second kappa shape index (κ2) is 6.43. The fraction of sp³-hybridized carbons (Fsp3) is 0.200. The topological polar surface area (TPSA) is 38.0 Å². The molecule has 0 aliphatic rings. The van der Waals surface area contributed by atoms with Crippen LogP contribution in [0.4, 0.5) is 8.78 Å². The number of halogens is 3. The molecule has 2 rings (SSSR count). The van der Waals surface area contributed by atoms with Crippen LogP contribution < -0.4 is 11.3 Å². The normalized spacial score (nSPS) is 12.4. The second-order valence-corrected chi connectivity index (χ2v) is 5.25. The van der Waals surface area contributed by atoms with Crippen molar-refractivity contribution >= 4 is 15.9 Å². The van der Waals surface area contributed by atoms with Gasteiger partial charge >= 0.3 is 0 Å². The van der Waals surface area contributed by atoms with Crippen LogP contribution in [0, 0.1) is 11.6 Å². The van der Waals surface area contributed by atoms with Crippen molar-refractivity contribution in [3.05, 3.63) is 69.2 Å². The molecule has 1 atom stereocenters. The lowest BCUT2D eigenvalue weighted by Crippen LogP contribution is -2.29. The fourth-order valence-corrected chi connectivity index (χ4v) is 2.63. The molecule has 0 radical (unpaired) electrons. The molecule has 0 aliphatic heterocycles. The Morgan fingerprint density at radius 3 is 2.35 bits per heavy atom. The minimum absolute atomic E-state index is 0.0834. The third-order valence-electron chi connectivity index (χ3n) is 3.26. The van der Waals surface area contributed by atoms with Crippen LogP contribution >= 0.6 is 15.9 Å². The molecule has 2 aromatic rings. The van der Waals surface area contributed by atoms with Gasteiger partial charge in [0, 0.05) is 0 Å². The summed E-state index contributed by atoms with van der Waals surface area (Å²) in [4.78, 5) is 0. The maximum Gasteiger partial charge on any atom is 0.173 e. The van der Waals surface area contributed by atoms with E-state index in [1.54, 1.807) is 0 Å². The zero-order valence-electron chi connectivity index (χ0n) is 11.0. The Bertz CT molecular complexity index is 600. The zero-order valence-corrected chi connectivity index (χ0v) is 12.5. The average molecular weight is 341 g/mol. The highest BCUT2D eigenvalue weighted by Gasteiger charge is 2.19. The van der Waals surface area contributed by atoms with Crippen LogP contribution in [0.1, 0.15) is 29.7 Å². The van der Waals surface area contributed by atoms with E-state index in [-0.39, 0.29) is 4.47 Å². The molecule has 0 aliphatic carbocycles. The van der Waals surface area contributed by atoms with Crippen LogP contribution in [-0.4, -0.2) is 0 Å². The van der Waals surface area contributed by atoms with Crippen molar-refractivity contribution in [1.29, 1.82) is 0 Å². The van der Waals surface area contributed by atoms with Crippen molar-refractivity contribution in [2.45, 2.75) is 19.4 Å². The predicted molar refractivity (Wildman–Crippen MR) is 79.0 cm³/mol. The monoisotopic (exact) mass is 340 g/mol. The van der Waals surface area contributed by atoms with Gasteiger partial charge in [-0.1, -0.05) is 37.3 Å². The lowest BCUT2D eigenvalue weighted by atomic mass is 9.97. The maximum absolute atomic E-state index is 13.6. The lowest BCUT2D eigenvalue weighted by Gasteiger charge is -2.19. The molecule has 0 fully saturated rings. The fourth-order valence-electron chi connectivity index (χ4n) is 2.08. The van der Waals surface area contributed by atoms with Gasteiger partial charge in [-0.15, -0.1) is 0 Å². The molecular weight excluding hydrogens is 326 g/mol. The van der Waals surface area contributed by atoms with Gasteiger partial charge in [-0.3, -0.25) is 5.84 Å². The zero-order chi connectivity index (χ0) is 14.7. The van der Waals surface area contributed by atoms with Gasteiger partial charge in [0.2, 0.25) is 0 Å². The Morgan fingerprint density at radius 2 is 1.80 bits per heavy atom. The van der Waals surface area contributed by atoms with Gasteiger partial charge in [0.05, 0.1) is 10.5 Å². The number of hydrogen-bond donors (Lipinski definition) is 2. The van der Waals surface area contributed by atoms with Crippen LogP contribution in [0.2, 0.25) is 0 Å². The summed E-state index contributed by atoms with van der Waals surface area (Å²) < 4.78 is 26.9. The Kier molecular flexibility index (Phi) is 4.86. The molecule has 1 unspecified atom stereocenters. The minimum atomic E-state index is -0.909. The van der Waals surface area contributed by atoms with Crippen LogP contribution in [0.15, 0.2) is 40.9 Å². The predicted octanol–water partition coefficient (Wildman–Crippen LogP) is 3.84. The molecule has 0 amide bonds. The van der Waals surface area contributed by atoms with E-state index >= 15 is 0 Å². The van der Waals surface area contributed by atoms with E-state index in [1.165, 1.54) is 11.6 Å². The van der Waals surface area contributed by atoms with E-state index in [0.717, 1.165) is 18.1 Å². The molecule has 20 heavy (non-hydrogen) atoms. The Hall–Kier alpha value is -1.30. The quantitative estimate of drug-likeness (QED) is 0.504. The Labute approximate surface area is 125 Å². The van der Waals surface area contributed by atoms with Crippen LogP contribution in [0.25, 0.3) is 0 Å². The van der Waals surface area contributed by atoms with Gasteiger partial charge in [-0.25, -0.2) is 14.2 Å². The Balaban J connectivity index is 2.44. The first kappa shape index (κ1) is 15.1. The van der Waals surface area contributed by atoms with Crippen LogP contribution in [-0.2, 0) is 6.42 Å². The molecule has 5 heteroatoms. The molecule has 0 bridgehead atoms. The summed E-state index contributed by atoms with van der Waals surface area (Å²) in [7, 11) is 0. The second-order valence-electron chi connectivity index (χ2n) is 4.46. The van der Waals surface area contributed by atoms with Crippen LogP contribution in [0.3, 0.4) is 0 Å². The van der Waals surface area contributed by atoms with E-state index in [2.05, 4.69) is 28.3 Å². The van der Waals surface area contributed by atoms with Crippen molar-refractivity contribution in [3.8, 4) is 0 Å². The summed E-state index contributed by atoms with van der Waals surface area (Å²) in [5.74, 6) is 3.78. The number of nitrogens with one attached hydrogen (secondary N) is 1. The van der Waals surface area contributed by atoms with E-state index in [4.69, 9.17) is 5.84 Å². The summed E-state index contributed by atoms with van der Waals surface area (Å²) in [6.07, 6.45) is 0.940. The lowest BCUT2D eigenvalue weighted by molar-refractivity contribution is 0.498. The van der Waals surface area contributed by atoms with Crippen LogP contribution in [0.5, 0.6) is 0 Å². The smallest absolute Gasteiger partial charge is 0.173 e. The first-order valence-electron chi connectivity index (χ1n) is 6.26. The summed E-state index contributed by atoms with van der Waals surface area (Å²) in [6, 6.07) is 10.0. The minimum Gasteiger partial charge on any atom is -0.271 e. The third-order valence-corrected chi connectivity index (χ3v) is 4.07. The highest BCUT2D eigenvalue weighted by atomic mass is 79.9. The van der Waals surface area contributed by atoms with Crippen molar-refractivity contribution in [3.63, 3.8) is 0 Å². The highest BCUT2D eigenvalue weighted by molar-refractivity contribution is 9.10. The van der Waals surface area contributed by atoms with Crippen molar-refractivity contribution < 1.29 is 8.78 Å². The van der Waals surface area contributed by atoms with E-state index in [1.807, 2.05) is 24.3 Å². The average Bonchev–Trinajstić information content (AvgIpc) is 2.48. The summed E-state index contributed by atoms with van der Waals surface area (Å²) >= 11 is 3.09. The molecule has 0 spiro atoms. The molecule has 106 valence electrons. The van der Waals surface area contributed by atoms with Gasteiger partial charge in [0.1, 0.15) is 0 Å². The van der Waals surface area contributed by atoms with E-state index < -0.39 is 17.7 Å². The first-order chi connectivity index (χ1) is 9.58. The van der Waals surface area contributed by atoms with Gasteiger partial charge in [0.15, 0.2) is 11.6 Å². The van der Waals surface area contributed by atoms with E-state index in [9.17, 15) is 8.78 Å². The van der Waals surface area contributed by atoms with Crippen molar-refractivity contribution in [2.75, 3.05) is 0 Å². The number of hydrogen-bond acceptors (Lipinski definition) is 2. The molecule has 3 N–H and O–H groups in total. The molecule has 2 nitrogen and oxygen atoms in total. The van der Waals surface area contributed by atoms with Crippen molar-refractivity contribution in [1.82, 2.24) is 5.43 Å².